The first kappa shape index (κ1) is 14.2. The number of carbonyl (C=O) groups is 2. The Morgan fingerprint density at radius 2 is 2.05 bits per heavy atom. The second-order valence-corrected chi connectivity index (χ2v) is 4.96. The molecule has 3 rings (SSSR count). The lowest BCUT2D eigenvalue weighted by Crippen LogP contribution is -2.08. The third kappa shape index (κ3) is 2.54. The highest BCUT2D eigenvalue weighted by Gasteiger charge is 2.13. The molecule has 0 unspecified atom stereocenters. The number of rotatable bonds is 4. The largest absolute Gasteiger partial charge is 0.453 e. The Balaban J connectivity index is 2.01. The topological polar surface area (TPSA) is 82.5 Å². The molecule has 3 aromatic rings. The number of halogens is 1. The first-order chi connectivity index (χ1) is 10.6. The van der Waals surface area contributed by atoms with Crippen molar-refractivity contribution < 1.29 is 18.7 Å². The smallest absolute Gasteiger partial charge is 0.284 e. The summed E-state index contributed by atoms with van der Waals surface area (Å²) < 4.78 is 11.1. The zero-order chi connectivity index (χ0) is 15.7. The van der Waals surface area contributed by atoms with Gasteiger partial charge in [-0.05, 0) is 24.3 Å². The number of fused-ring (bicyclic) bond motifs is 1. The Labute approximate surface area is 130 Å². The molecule has 2 aromatic carbocycles. The second-order valence-electron chi connectivity index (χ2n) is 4.55. The van der Waals surface area contributed by atoms with Crippen LogP contribution >= 0.6 is 11.6 Å². The van der Waals surface area contributed by atoms with Gasteiger partial charge in [0, 0.05) is 17.0 Å². The van der Waals surface area contributed by atoms with Gasteiger partial charge >= 0.3 is 0 Å². The number of furan rings is 1. The summed E-state index contributed by atoms with van der Waals surface area (Å²) in [5, 5.41) is 0.985. The fourth-order valence-electron chi connectivity index (χ4n) is 2.03. The third-order valence-corrected chi connectivity index (χ3v) is 3.40. The maximum absolute atomic E-state index is 11.2. The zero-order valence-corrected chi connectivity index (χ0v) is 12.0. The first-order valence-corrected chi connectivity index (χ1v) is 6.71. The van der Waals surface area contributed by atoms with Gasteiger partial charge in [0.05, 0.1) is 5.02 Å². The molecule has 0 bridgehead atoms. The van der Waals surface area contributed by atoms with Crippen molar-refractivity contribution in [2.24, 2.45) is 5.73 Å². The van der Waals surface area contributed by atoms with Crippen molar-refractivity contribution in [2.45, 2.75) is 0 Å². The van der Waals surface area contributed by atoms with Gasteiger partial charge in [-0.2, -0.15) is 0 Å². The lowest BCUT2D eigenvalue weighted by molar-refractivity contribution is 0.0975. The predicted molar refractivity (Wildman–Crippen MR) is 81.6 cm³/mol. The average Bonchev–Trinajstić information content (AvgIpc) is 2.93. The van der Waals surface area contributed by atoms with Gasteiger partial charge in [0.2, 0.25) is 0 Å². The quantitative estimate of drug-likeness (QED) is 0.742. The van der Waals surface area contributed by atoms with E-state index in [2.05, 4.69) is 0 Å². The molecule has 0 aliphatic rings. The molecule has 0 radical (unpaired) electrons. The summed E-state index contributed by atoms with van der Waals surface area (Å²) in [6.07, 6.45) is 0.665. The summed E-state index contributed by atoms with van der Waals surface area (Å²) in [5.41, 5.74) is 5.99. The van der Waals surface area contributed by atoms with E-state index < -0.39 is 5.91 Å². The highest BCUT2D eigenvalue weighted by Crippen LogP contribution is 2.33. The van der Waals surface area contributed by atoms with Gasteiger partial charge in [-0.3, -0.25) is 9.59 Å². The maximum atomic E-state index is 11.2. The van der Waals surface area contributed by atoms with Crippen LogP contribution < -0.4 is 10.5 Å². The van der Waals surface area contributed by atoms with Gasteiger partial charge in [-0.1, -0.05) is 23.7 Å². The molecule has 1 heterocycles. The van der Waals surface area contributed by atoms with Crippen LogP contribution in [0.3, 0.4) is 0 Å². The van der Waals surface area contributed by atoms with E-state index in [0.717, 1.165) is 0 Å². The number of benzene rings is 2. The van der Waals surface area contributed by atoms with E-state index in [9.17, 15) is 9.59 Å². The third-order valence-electron chi connectivity index (χ3n) is 3.08. The van der Waals surface area contributed by atoms with Crippen molar-refractivity contribution in [3.05, 3.63) is 58.8 Å². The summed E-state index contributed by atoms with van der Waals surface area (Å²) in [6.45, 7) is 0. The number of nitrogens with two attached hydrogens (primary N) is 1. The number of amides is 1. The highest BCUT2D eigenvalue weighted by molar-refractivity contribution is 6.33. The monoisotopic (exact) mass is 315 g/mol. The van der Waals surface area contributed by atoms with E-state index in [-0.39, 0.29) is 10.8 Å². The molecule has 0 spiro atoms. The number of carbonyl (C=O) groups excluding carboxylic acids is 2. The fourth-order valence-corrected chi connectivity index (χ4v) is 2.25. The molecule has 5 nitrogen and oxygen atoms in total. The van der Waals surface area contributed by atoms with Crippen molar-refractivity contribution >= 4 is 34.8 Å². The predicted octanol–water partition coefficient (Wildman–Crippen LogP) is 3.79. The van der Waals surface area contributed by atoms with E-state index >= 15 is 0 Å². The molecule has 1 aromatic heterocycles. The summed E-state index contributed by atoms with van der Waals surface area (Å²) in [4.78, 5) is 21.9. The van der Waals surface area contributed by atoms with Crippen molar-refractivity contribution in [2.75, 3.05) is 0 Å². The lowest BCUT2D eigenvalue weighted by atomic mass is 10.2. The van der Waals surface area contributed by atoms with Crippen LogP contribution in [-0.2, 0) is 0 Å². The molecular formula is C16H10ClNO4. The molecule has 0 aliphatic heterocycles. The van der Waals surface area contributed by atoms with Crippen LogP contribution in [0.5, 0.6) is 11.5 Å². The van der Waals surface area contributed by atoms with Crippen molar-refractivity contribution in [3.63, 3.8) is 0 Å². The number of hydrogen-bond donors (Lipinski definition) is 1. The average molecular weight is 316 g/mol. The summed E-state index contributed by atoms with van der Waals surface area (Å²) >= 11 is 5.96. The lowest BCUT2D eigenvalue weighted by Gasteiger charge is -2.07. The van der Waals surface area contributed by atoms with Gasteiger partial charge in [0.15, 0.2) is 23.4 Å². The molecular weight excluding hydrogens is 306 g/mol. The van der Waals surface area contributed by atoms with E-state index in [1.165, 1.54) is 6.07 Å². The van der Waals surface area contributed by atoms with Crippen molar-refractivity contribution in [1.82, 2.24) is 0 Å². The molecule has 1 amide bonds. The Morgan fingerprint density at radius 1 is 1.23 bits per heavy atom. The van der Waals surface area contributed by atoms with Gasteiger partial charge in [-0.25, -0.2) is 0 Å². The Hall–Kier alpha value is -2.79. The summed E-state index contributed by atoms with van der Waals surface area (Å²) in [7, 11) is 0. The van der Waals surface area contributed by atoms with Gasteiger partial charge in [-0.15, -0.1) is 0 Å². The number of para-hydroxylation sites is 1. The Morgan fingerprint density at radius 3 is 2.73 bits per heavy atom. The molecule has 110 valence electrons. The van der Waals surface area contributed by atoms with E-state index in [4.69, 9.17) is 26.5 Å². The Kier molecular flexibility index (Phi) is 3.56. The van der Waals surface area contributed by atoms with E-state index in [1.54, 1.807) is 36.4 Å². The summed E-state index contributed by atoms with van der Waals surface area (Å²) in [5.74, 6) is 0.265. The van der Waals surface area contributed by atoms with Crippen LogP contribution in [0, 0.1) is 0 Å². The normalized spacial score (nSPS) is 10.6. The van der Waals surface area contributed by atoms with Crippen LogP contribution in [0.4, 0.5) is 0 Å². The van der Waals surface area contributed by atoms with Gasteiger partial charge in [0.25, 0.3) is 5.91 Å². The number of hydrogen-bond acceptors (Lipinski definition) is 4. The van der Waals surface area contributed by atoms with Crippen LogP contribution in [0.1, 0.15) is 20.9 Å². The number of ether oxygens (including phenoxy) is 1. The van der Waals surface area contributed by atoms with Crippen LogP contribution in [0.15, 0.2) is 46.9 Å². The van der Waals surface area contributed by atoms with Crippen LogP contribution in [0.2, 0.25) is 5.02 Å². The highest BCUT2D eigenvalue weighted by atomic mass is 35.5. The SMILES string of the molecule is NC(=O)c1cc2cccc(Oc3ccc(C=O)c(Cl)c3)c2o1. The molecule has 0 atom stereocenters. The van der Waals surface area contributed by atoms with Gasteiger partial charge < -0.3 is 14.9 Å². The molecule has 6 heteroatoms. The molecule has 22 heavy (non-hydrogen) atoms. The number of aldehydes is 1. The molecule has 0 saturated heterocycles. The fraction of sp³-hybridized carbons (Fsp3) is 0. The molecule has 0 aliphatic carbocycles. The molecule has 0 saturated carbocycles. The van der Waals surface area contributed by atoms with Crippen LogP contribution in [0.25, 0.3) is 11.0 Å². The minimum atomic E-state index is -0.652. The Bertz CT molecular complexity index is 885. The summed E-state index contributed by atoms with van der Waals surface area (Å²) in [6, 6.07) is 11.5. The van der Waals surface area contributed by atoms with Crippen LogP contribution in [-0.4, -0.2) is 12.2 Å². The van der Waals surface area contributed by atoms with Crippen molar-refractivity contribution in [3.8, 4) is 11.5 Å². The zero-order valence-electron chi connectivity index (χ0n) is 11.2. The van der Waals surface area contributed by atoms with Crippen molar-refractivity contribution in [1.29, 1.82) is 0 Å². The molecule has 0 fully saturated rings. The molecule has 2 N–H and O–H groups in total. The second kappa shape index (κ2) is 5.54. The van der Waals surface area contributed by atoms with Gasteiger partial charge in [0.1, 0.15) is 5.75 Å². The van der Waals surface area contributed by atoms with E-state index in [1.807, 2.05) is 0 Å². The first-order valence-electron chi connectivity index (χ1n) is 6.33. The van der Waals surface area contributed by atoms with E-state index in [0.29, 0.717) is 34.3 Å². The number of primary amides is 1. The minimum Gasteiger partial charge on any atom is -0.453 e. The minimum absolute atomic E-state index is 0.0559. The maximum Gasteiger partial charge on any atom is 0.284 e. The standard InChI is InChI=1S/C16H10ClNO4/c17-12-7-11(5-4-10(12)8-19)21-13-3-1-2-9-6-14(16(18)20)22-15(9)13/h1-8H,(H2,18,20).